The third-order valence-corrected chi connectivity index (χ3v) is 4.23. The Balaban J connectivity index is 0.000000234. The zero-order valence-corrected chi connectivity index (χ0v) is 18.0. The predicted molar refractivity (Wildman–Crippen MR) is 113 cm³/mol. The Hall–Kier alpha value is -4.22. The molecule has 1 N–H and O–H groups in total. The molecule has 0 radical (unpaired) electrons. The fraction of sp³-hybridized carbons (Fsp3) is 0.238. The number of rotatable bonds is 5. The van der Waals surface area contributed by atoms with Gasteiger partial charge in [-0.25, -0.2) is 23.5 Å². The van der Waals surface area contributed by atoms with Crippen LogP contribution in [0, 0.1) is 18.6 Å². The van der Waals surface area contributed by atoms with Gasteiger partial charge in [0.2, 0.25) is 0 Å². The number of esters is 1. The Morgan fingerprint density at radius 3 is 2.39 bits per heavy atom. The zero-order chi connectivity index (χ0) is 24.5. The van der Waals surface area contributed by atoms with Crippen LogP contribution in [0.3, 0.4) is 0 Å². The highest BCUT2D eigenvalue weighted by Crippen LogP contribution is 2.11. The van der Waals surface area contributed by atoms with Crippen LogP contribution in [-0.2, 0) is 23.1 Å². The lowest BCUT2D eigenvalue weighted by molar-refractivity contribution is -0.139. The average Bonchev–Trinajstić information content (AvgIpc) is 2.78. The average molecular weight is 461 g/mol. The first-order valence-electron chi connectivity index (χ1n) is 9.47. The molecule has 10 nitrogen and oxygen atoms in total. The molecule has 0 aliphatic carbocycles. The molecule has 3 rings (SSSR count). The van der Waals surface area contributed by atoms with Gasteiger partial charge >= 0.3 is 11.7 Å². The number of aryl methyl sites for hydroxylation is 2. The normalized spacial score (nSPS) is 10.1. The molecular weight excluding hydrogens is 440 g/mol. The lowest BCUT2D eigenvalue weighted by Gasteiger charge is -2.05. The summed E-state index contributed by atoms with van der Waals surface area (Å²) in [4.78, 5) is 53.3. The van der Waals surface area contributed by atoms with Crippen LogP contribution in [-0.4, -0.2) is 44.6 Å². The number of carbonyl (C=O) groups is 2. The Kier molecular flexibility index (Phi) is 8.66. The van der Waals surface area contributed by atoms with Gasteiger partial charge in [-0.15, -0.1) is 0 Å². The van der Waals surface area contributed by atoms with Crippen molar-refractivity contribution in [3.05, 3.63) is 92.3 Å². The van der Waals surface area contributed by atoms with Crippen LogP contribution in [0.1, 0.15) is 21.7 Å². The summed E-state index contributed by atoms with van der Waals surface area (Å²) in [7, 11) is 2.74. The number of halogens is 2. The summed E-state index contributed by atoms with van der Waals surface area (Å²) in [5, 5.41) is 2.04. The molecule has 1 aromatic carbocycles. The molecule has 0 saturated heterocycles. The van der Waals surface area contributed by atoms with Crippen LogP contribution >= 0.6 is 0 Å². The van der Waals surface area contributed by atoms with E-state index in [0.717, 1.165) is 35.6 Å². The van der Waals surface area contributed by atoms with E-state index in [0.29, 0.717) is 5.69 Å². The second kappa shape index (κ2) is 11.4. The molecule has 0 unspecified atom stereocenters. The second-order valence-electron chi connectivity index (χ2n) is 6.64. The number of benzene rings is 1. The highest BCUT2D eigenvalue weighted by Gasteiger charge is 2.17. The minimum absolute atomic E-state index is 0.162. The highest BCUT2D eigenvalue weighted by molar-refractivity contribution is 5.96. The van der Waals surface area contributed by atoms with Crippen LogP contribution in [0.4, 0.5) is 8.78 Å². The monoisotopic (exact) mass is 461 g/mol. The molecule has 3 aromatic rings. The van der Waals surface area contributed by atoms with Gasteiger partial charge in [0.15, 0.2) is 0 Å². The van der Waals surface area contributed by atoms with Crippen molar-refractivity contribution in [3.63, 3.8) is 0 Å². The number of carbonyl (C=O) groups excluding carboxylic acids is 2. The minimum Gasteiger partial charge on any atom is -0.468 e. The van der Waals surface area contributed by atoms with Gasteiger partial charge in [-0.05, 0) is 25.1 Å². The number of hydrogen-bond donors (Lipinski definition) is 1. The Morgan fingerprint density at radius 2 is 1.79 bits per heavy atom. The van der Waals surface area contributed by atoms with Crippen molar-refractivity contribution < 1.29 is 23.1 Å². The minimum atomic E-state index is -0.999. The third-order valence-electron chi connectivity index (χ3n) is 4.23. The predicted octanol–water partition coefficient (Wildman–Crippen LogP) is 0.561. The van der Waals surface area contributed by atoms with Crippen LogP contribution in [0.25, 0.3) is 0 Å². The van der Waals surface area contributed by atoms with Crippen molar-refractivity contribution in [2.24, 2.45) is 7.05 Å². The largest absolute Gasteiger partial charge is 0.468 e. The molecule has 33 heavy (non-hydrogen) atoms. The van der Waals surface area contributed by atoms with Crippen LogP contribution < -0.4 is 16.6 Å². The first-order chi connectivity index (χ1) is 15.6. The lowest BCUT2D eigenvalue weighted by Crippen LogP contribution is -2.38. The van der Waals surface area contributed by atoms with Crippen molar-refractivity contribution in [2.75, 3.05) is 13.7 Å². The zero-order valence-electron chi connectivity index (χ0n) is 18.0. The van der Waals surface area contributed by atoms with Gasteiger partial charge in [0.05, 0.1) is 19.3 Å². The van der Waals surface area contributed by atoms with Crippen LogP contribution in [0.5, 0.6) is 0 Å². The summed E-state index contributed by atoms with van der Waals surface area (Å²) in [6, 6.07) is 6.16. The van der Waals surface area contributed by atoms with E-state index in [9.17, 15) is 28.0 Å². The molecule has 174 valence electrons. The van der Waals surface area contributed by atoms with Gasteiger partial charge in [0.25, 0.3) is 11.5 Å². The number of nitrogens with zero attached hydrogens (tertiary/aromatic N) is 4. The maximum atomic E-state index is 13.1. The van der Waals surface area contributed by atoms with E-state index >= 15 is 0 Å². The number of amides is 1. The lowest BCUT2D eigenvalue weighted by atomic mass is 10.2. The fourth-order valence-electron chi connectivity index (χ4n) is 2.55. The molecule has 0 bridgehead atoms. The summed E-state index contributed by atoms with van der Waals surface area (Å²) in [5.74, 6) is -3.67. The first-order valence-corrected chi connectivity index (χ1v) is 9.47. The summed E-state index contributed by atoms with van der Waals surface area (Å²) >= 11 is 0. The third kappa shape index (κ3) is 6.89. The van der Waals surface area contributed by atoms with E-state index < -0.39 is 35.6 Å². The molecule has 12 heteroatoms. The van der Waals surface area contributed by atoms with Gasteiger partial charge in [-0.2, -0.15) is 0 Å². The number of aromatic nitrogens is 4. The standard InChI is InChI=1S/C11H12N4O2.C10H9F2NO3/c1-8-5-9(13-7-12-8)6-15-10(16)3-4-14(2)11(15)17;1-16-8(14)5-13-10(15)9-6(11)3-2-4-7(9)12/h3-5,7H,6H2,1-2H3;2-4H,5H2,1H3,(H,13,15). The quantitative estimate of drug-likeness (QED) is 0.551. The van der Waals surface area contributed by atoms with Crippen molar-refractivity contribution in [3.8, 4) is 0 Å². The van der Waals surface area contributed by atoms with Crippen molar-refractivity contribution in [2.45, 2.75) is 13.5 Å². The van der Waals surface area contributed by atoms with Crippen LogP contribution in [0.15, 0.2) is 52.4 Å². The molecule has 0 fully saturated rings. The molecule has 1 amide bonds. The van der Waals surface area contributed by atoms with Gasteiger partial charge < -0.3 is 14.6 Å². The summed E-state index contributed by atoms with van der Waals surface area (Å²) in [6.07, 6.45) is 2.87. The first kappa shape index (κ1) is 25.0. The van der Waals surface area contributed by atoms with Gasteiger partial charge in [0.1, 0.15) is 30.1 Å². The van der Waals surface area contributed by atoms with E-state index in [4.69, 9.17) is 0 Å². The number of hydrogen-bond acceptors (Lipinski definition) is 7. The van der Waals surface area contributed by atoms with Gasteiger partial charge in [0, 0.05) is 25.0 Å². The maximum absolute atomic E-state index is 13.1. The van der Waals surface area contributed by atoms with E-state index in [1.807, 2.05) is 12.2 Å². The molecule has 0 aliphatic heterocycles. The topological polar surface area (TPSA) is 125 Å². The van der Waals surface area contributed by atoms with Crippen LogP contribution in [0.2, 0.25) is 0 Å². The molecule has 0 saturated carbocycles. The van der Waals surface area contributed by atoms with Crippen molar-refractivity contribution >= 4 is 11.9 Å². The summed E-state index contributed by atoms with van der Waals surface area (Å²) in [6.45, 7) is 1.55. The van der Waals surface area contributed by atoms with Gasteiger partial charge in [-0.3, -0.25) is 19.0 Å². The Morgan fingerprint density at radius 1 is 1.12 bits per heavy atom. The van der Waals surface area contributed by atoms with E-state index in [-0.39, 0.29) is 17.8 Å². The molecule has 2 heterocycles. The Labute approximate surface area is 186 Å². The van der Waals surface area contributed by atoms with Gasteiger partial charge in [-0.1, -0.05) is 6.07 Å². The SMILES string of the molecule is COC(=O)CNC(=O)c1c(F)cccc1F.Cc1cc(Cn2c(=O)ccn(C)c2=O)ncn1. The fourth-order valence-corrected chi connectivity index (χ4v) is 2.55. The number of ether oxygens (including phenoxy) is 1. The van der Waals surface area contributed by atoms with Crippen molar-refractivity contribution in [1.29, 1.82) is 0 Å². The van der Waals surface area contributed by atoms with Crippen molar-refractivity contribution in [1.82, 2.24) is 24.4 Å². The maximum Gasteiger partial charge on any atom is 0.331 e. The highest BCUT2D eigenvalue weighted by atomic mass is 19.1. The number of methoxy groups -OCH3 is 1. The summed E-state index contributed by atoms with van der Waals surface area (Å²) in [5.41, 5.74) is 0.0447. The second-order valence-corrected chi connectivity index (χ2v) is 6.64. The molecule has 2 aromatic heterocycles. The van der Waals surface area contributed by atoms with E-state index in [1.165, 1.54) is 23.2 Å². The smallest absolute Gasteiger partial charge is 0.331 e. The molecule has 0 atom stereocenters. The molecule has 0 aliphatic rings. The summed E-state index contributed by atoms with van der Waals surface area (Å²) < 4.78 is 32.9. The number of nitrogens with one attached hydrogen (secondary N) is 1. The van der Waals surface area contributed by atoms with E-state index in [2.05, 4.69) is 14.7 Å². The molecule has 0 spiro atoms. The molecular formula is C21H21F2N5O5. The van der Waals surface area contributed by atoms with E-state index in [1.54, 1.807) is 13.1 Å². The Bertz CT molecular complexity index is 1250.